The molecule has 0 saturated heterocycles. The van der Waals surface area contributed by atoms with Crippen LogP contribution in [0.15, 0.2) is 4.79 Å². The van der Waals surface area contributed by atoms with E-state index in [4.69, 9.17) is 14.7 Å². The molecule has 0 aliphatic heterocycles. The molecule has 0 amide bonds. The smallest absolute Gasteiger partial charge is 0.306 e. The van der Waals surface area contributed by atoms with Crippen LogP contribution in [0.25, 0.3) is 0 Å². The van der Waals surface area contributed by atoms with Crippen LogP contribution in [0.2, 0.25) is 0 Å². The van der Waals surface area contributed by atoms with Crippen molar-refractivity contribution < 1.29 is 14.3 Å². The average molecular weight is 318 g/mol. The number of carbonyl (C=O) groups excluding carboxylic acids is 1. The Morgan fingerprint density at radius 1 is 1.35 bits per heavy atom. The Morgan fingerprint density at radius 2 is 2.04 bits per heavy atom. The van der Waals surface area contributed by atoms with Crippen LogP contribution in [0.3, 0.4) is 0 Å². The molecule has 1 fully saturated rings. The molecule has 6 nitrogen and oxygen atoms in total. The first-order valence-electron chi connectivity index (χ1n) is 7.82. The van der Waals surface area contributed by atoms with Crippen LogP contribution in [0.1, 0.15) is 48.1 Å². The van der Waals surface area contributed by atoms with Gasteiger partial charge in [0.25, 0.3) is 5.56 Å². The monoisotopic (exact) mass is 318 g/mol. The normalized spacial score (nSPS) is 20.3. The molecule has 1 aromatic heterocycles. The highest BCUT2D eigenvalue weighted by atomic mass is 16.6. The van der Waals surface area contributed by atoms with Crippen molar-refractivity contribution in [3.8, 4) is 6.07 Å². The van der Waals surface area contributed by atoms with Gasteiger partial charge < -0.3 is 14.5 Å². The van der Waals surface area contributed by atoms with Crippen LogP contribution in [0.4, 0.5) is 0 Å². The molecule has 124 valence electrons. The van der Waals surface area contributed by atoms with E-state index in [1.165, 1.54) is 0 Å². The second-order valence-electron chi connectivity index (χ2n) is 5.90. The molecular weight excluding hydrogens is 296 g/mol. The van der Waals surface area contributed by atoms with E-state index < -0.39 is 0 Å². The van der Waals surface area contributed by atoms with E-state index in [-0.39, 0.29) is 35.7 Å². The highest BCUT2D eigenvalue weighted by Gasteiger charge is 2.30. The Hall–Kier alpha value is -2.13. The minimum absolute atomic E-state index is 0.0132. The first kappa shape index (κ1) is 17.2. The van der Waals surface area contributed by atoms with Gasteiger partial charge in [0.15, 0.2) is 0 Å². The van der Waals surface area contributed by atoms with E-state index in [1.807, 2.05) is 6.07 Å². The van der Waals surface area contributed by atoms with E-state index >= 15 is 0 Å². The van der Waals surface area contributed by atoms with E-state index in [0.717, 1.165) is 24.8 Å². The Bertz CT molecular complexity index is 687. The number of hydrogen-bond acceptors (Lipinski definition) is 5. The third-order valence-electron chi connectivity index (χ3n) is 4.48. The summed E-state index contributed by atoms with van der Waals surface area (Å²) in [7, 11) is 1.63. The third-order valence-corrected chi connectivity index (χ3v) is 4.48. The molecule has 1 aliphatic carbocycles. The van der Waals surface area contributed by atoms with Crippen LogP contribution in [-0.2, 0) is 20.7 Å². The fourth-order valence-electron chi connectivity index (χ4n) is 3.17. The van der Waals surface area contributed by atoms with Gasteiger partial charge in [-0.15, -0.1) is 0 Å². The van der Waals surface area contributed by atoms with Crippen molar-refractivity contribution >= 4 is 5.97 Å². The molecule has 0 aromatic carbocycles. The number of aromatic amines is 1. The van der Waals surface area contributed by atoms with Crippen molar-refractivity contribution in [3.05, 3.63) is 32.7 Å². The lowest BCUT2D eigenvalue weighted by Gasteiger charge is -2.19. The zero-order valence-corrected chi connectivity index (χ0v) is 13.8. The quantitative estimate of drug-likeness (QED) is 0.837. The largest absolute Gasteiger partial charge is 0.460 e. The molecule has 0 spiro atoms. The summed E-state index contributed by atoms with van der Waals surface area (Å²) in [5.74, 6) is -0.276. The number of nitrogens with zero attached hydrogens (tertiary/aromatic N) is 1. The first-order valence-corrected chi connectivity index (χ1v) is 7.82. The van der Waals surface area contributed by atoms with Gasteiger partial charge >= 0.3 is 5.97 Å². The van der Waals surface area contributed by atoms with Crippen LogP contribution in [-0.4, -0.2) is 30.3 Å². The highest BCUT2D eigenvalue weighted by Crippen LogP contribution is 2.25. The summed E-state index contributed by atoms with van der Waals surface area (Å²) < 4.78 is 10.8. The molecule has 1 aromatic rings. The fraction of sp³-hybridized carbons (Fsp3) is 0.588. The number of rotatable bonds is 5. The summed E-state index contributed by atoms with van der Waals surface area (Å²) in [5.41, 5.74) is 1.87. The molecule has 1 saturated carbocycles. The molecular formula is C17H22N2O4. The molecule has 0 bridgehead atoms. The molecule has 2 rings (SSSR count). The second kappa shape index (κ2) is 7.42. The van der Waals surface area contributed by atoms with Crippen LogP contribution < -0.4 is 5.56 Å². The zero-order chi connectivity index (χ0) is 17.0. The molecule has 0 unspecified atom stereocenters. The lowest BCUT2D eigenvalue weighted by molar-refractivity contribution is -0.154. The number of nitrogens with one attached hydrogen (secondary N) is 1. The molecule has 1 N–H and O–H groups in total. The molecule has 1 heterocycles. The summed E-state index contributed by atoms with van der Waals surface area (Å²) in [5, 5.41) is 9.06. The predicted octanol–water partition coefficient (Wildman–Crippen LogP) is 1.91. The number of methoxy groups -OCH3 is 1. The van der Waals surface area contributed by atoms with Gasteiger partial charge in [0, 0.05) is 19.2 Å². The molecule has 1 aliphatic rings. The molecule has 6 heteroatoms. The Morgan fingerprint density at radius 3 is 2.70 bits per heavy atom. The Kier molecular flexibility index (Phi) is 5.56. The minimum Gasteiger partial charge on any atom is -0.460 e. The summed E-state index contributed by atoms with van der Waals surface area (Å²) >= 11 is 0. The molecule has 23 heavy (non-hydrogen) atoms. The van der Waals surface area contributed by atoms with Gasteiger partial charge in [0.1, 0.15) is 17.7 Å². The van der Waals surface area contributed by atoms with Gasteiger partial charge in [0.2, 0.25) is 0 Å². The van der Waals surface area contributed by atoms with Crippen molar-refractivity contribution in [2.75, 3.05) is 7.11 Å². The van der Waals surface area contributed by atoms with Crippen molar-refractivity contribution in [2.45, 2.75) is 58.2 Å². The van der Waals surface area contributed by atoms with Gasteiger partial charge in [-0.25, -0.2) is 0 Å². The number of aryl methyl sites for hydroxylation is 1. The predicted molar refractivity (Wildman–Crippen MR) is 84.1 cm³/mol. The van der Waals surface area contributed by atoms with E-state index in [0.29, 0.717) is 17.7 Å². The van der Waals surface area contributed by atoms with E-state index in [1.54, 1.807) is 21.0 Å². The summed E-state index contributed by atoms with van der Waals surface area (Å²) in [6.07, 6.45) is 3.22. The van der Waals surface area contributed by atoms with Gasteiger partial charge in [-0.05, 0) is 50.7 Å². The topological polar surface area (TPSA) is 92.2 Å². The van der Waals surface area contributed by atoms with Gasteiger partial charge in [0.05, 0.1) is 6.10 Å². The molecule has 2 atom stereocenters. The second-order valence-corrected chi connectivity index (χ2v) is 5.90. The van der Waals surface area contributed by atoms with Gasteiger partial charge in [-0.1, -0.05) is 0 Å². The standard InChI is InChI=1S/C17H22N2O4/c1-10-12(11(2)19-17(21)13(10)9-18)7-8-16(20)23-15-6-4-5-14(15)22-3/h14-15H,4-8H2,1-3H3,(H,19,21)/t14-,15+/m1/s1. The van der Waals surface area contributed by atoms with Crippen LogP contribution in [0.5, 0.6) is 0 Å². The van der Waals surface area contributed by atoms with Gasteiger partial charge in [-0.2, -0.15) is 5.26 Å². The number of aromatic nitrogens is 1. The minimum atomic E-state index is -0.386. The number of pyridine rings is 1. The summed E-state index contributed by atoms with van der Waals surface area (Å²) in [4.78, 5) is 26.4. The fourth-order valence-corrected chi connectivity index (χ4v) is 3.17. The maximum Gasteiger partial charge on any atom is 0.306 e. The Balaban J connectivity index is 2.02. The van der Waals surface area contributed by atoms with Crippen molar-refractivity contribution in [3.63, 3.8) is 0 Å². The van der Waals surface area contributed by atoms with Gasteiger partial charge in [-0.3, -0.25) is 9.59 Å². The maximum atomic E-state index is 12.1. The number of esters is 1. The molecule has 0 radical (unpaired) electrons. The van der Waals surface area contributed by atoms with Crippen LogP contribution >= 0.6 is 0 Å². The lowest BCUT2D eigenvalue weighted by atomic mass is 9.99. The van der Waals surface area contributed by atoms with Crippen molar-refractivity contribution in [1.29, 1.82) is 5.26 Å². The van der Waals surface area contributed by atoms with Crippen molar-refractivity contribution in [1.82, 2.24) is 4.98 Å². The average Bonchev–Trinajstić information content (AvgIpc) is 2.94. The maximum absolute atomic E-state index is 12.1. The number of hydrogen-bond donors (Lipinski definition) is 1. The zero-order valence-electron chi connectivity index (χ0n) is 13.8. The number of H-pyrrole nitrogens is 1. The van der Waals surface area contributed by atoms with E-state index in [2.05, 4.69) is 4.98 Å². The summed E-state index contributed by atoms with van der Waals surface area (Å²) in [6, 6.07) is 1.91. The van der Waals surface area contributed by atoms with E-state index in [9.17, 15) is 9.59 Å². The number of ether oxygens (including phenoxy) is 2. The number of carbonyl (C=O) groups is 1. The lowest BCUT2D eigenvalue weighted by Crippen LogP contribution is -2.28. The number of nitriles is 1. The summed E-state index contributed by atoms with van der Waals surface area (Å²) in [6.45, 7) is 3.51. The Labute approximate surface area is 135 Å². The SMILES string of the molecule is CO[C@@H]1CCC[C@@H]1OC(=O)CCc1c(C)[nH]c(=O)c(C#N)c1C. The first-order chi connectivity index (χ1) is 11.0. The van der Waals surface area contributed by atoms with Crippen molar-refractivity contribution in [2.24, 2.45) is 0 Å². The van der Waals surface area contributed by atoms with Crippen LogP contribution in [0, 0.1) is 25.2 Å². The third kappa shape index (κ3) is 3.80. The highest BCUT2D eigenvalue weighted by molar-refractivity contribution is 5.70.